The highest BCUT2D eigenvalue weighted by Gasteiger charge is 2.38. The van der Waals surface area contributed by atoms with Gasteiger partial charge in [0.2, 0.25) is 0 Å². The van der Waals surface area contributed by atoms with Crippen molar-refractivity contribution >= 4 is 42.6 Å². The molecule has 1 aromatic heterocycles. The van der Waals surface area contributed by atoms with E-state index in [0.717, 1.165) is 15.4 Å². The number of carbonyl (C=O) groups is 1. The van der Waals surface area contributed by atoms with Crippen molar-refractivity contribution in [3.8, 4) is 0 Å². The molecule has 130 valence electrons. The van der Waals surface area contributed by atoms with Gasteiger partial charge in [-0.3, -0.25) is 9.80 Å². The van der Waals surface area contributed by atoms with Crippen molar-refractivity contribution < 1.29 is 17.6 Å². The number of hydrogen-bond donors (Lipinski definition) is 0. The van der Waals surface area contributed by atoms with Gasteiger partial charge in [-0.05, 0) is 31.5 Å². The number of carbonyl (C=O) groups excluding carboxylic acids is 1. The lowest BCUT2D eigenvalue weighted by molar-refractivity contribution is -0.00160. The van der Waals surface area contributed by atoms with Crippen LogP contribution in [0, 0.1) is 6.92 Å². The second-order valence-corrected chi connectivity index (χ2v) is 9.39. The molecule has 0 radical (unpaired) electrons. The fraction of sp³-hybridized carbons (Fsp3) is 0.438. The molecule has 0 bridgehead atoms. The number of hydrogen-bond acceptors (Lipinski definition) is 5. The van der Waals surface area contributed by atoms with Crippen LogP contribution in [0.15, 0.2) is 27.1 Å². The Labute approximate surface area is 149 Å². The van der Waals surface area contributed by atoms with Crippen LogP contribution in [-0.2, 0) is 9.84 Å². The average Bonchev–Trinajstić information content (AvgIpc) is 2.99. The largest absolute Gasteiger partial charge is 0.451 e. The van der Waals surface area contributed by atoms with Gasteiger partial charge in [0.05, 0.1) is 17.5 Å². The molecule has 2 heterocycles. The number of hydrazine groups is 1. The van der Waals surface area contributed by atoms with Crippen molar-refractivity contribution in [2.24, 2.45) is 0 Å². The van der Waals surface area contributed by atoms with Gasteiger partial charge in [0.15, 0.2) is 15.6 Å². The molecular weight excluding hydrogens is 396 g/mol. The minimum absolute atomic E-state index is 0.0122. The van der Waals surface area contributed by atoms with Gasteiger partial charge in [-0.15, -0.1) is 0 Å². The number of nitrogens with zero attached hydrogens (tertiary/aromatic N) is 2. The second kappa shape index (κ2) is 6.16. The van der Waals surface area contributed by atoms with Gasteiger partial charge >= 0.3 is 5.91 Å². The lowest BCUT2D eigenvalue weighted by Gasteiger charge is -2.33. The normalized spacial score (nSPS) is 20.0. The molecule has 0 spiro atoms. The number of halogens is 1. The molecular formula is C16H19BrN2O4S. The fourth-order valence-electron chi connectivity index (χ4n) is 3.14. The van der Waals surface area contributed by atoms with E-state index in [0.29, 0.717) is 12.0 Å². The Bertz CT molecular complexity index is 904. The van der Waals surface area contributed by atoms with E-state index < -0.39 is 9.84 Å². The first-order valence-corrected chi connectivity index (χ1v) is 10.2. The van der Waals surface area contributed by atoms with Crippen LogP contribution in [0.5, 0.6) is 0 Å². The first kappa shape index (κ1) is 17.4. The highest BCUT2D eigenvalue weighted by atomic mass is 79.9. The molecule has 1 fully saturated rings. The zero-order valence-electron chi connectivity index (χ0n) is 13.7. The molecule has 2 aromatic rings. The van der Waals surface area contributed by atoms with E-state index >= 15 is 0 Å². The number of rotatable bonds is 3. The number of amides is 1. The minimum atomic E-state index is -3.09. The Hall–Kier alpha value is -1.38. The van der Waals surface area contributed by atoms with Gasteiger partial charge in [0.25, 0.3) is 0 Å². The second-order valence-electron chi connectivity index (χ2n) is 6.25. The van der Waals surface area contributed by atoms with E-state index in [1.54, 1.807) is 19.1 Å². The average molecular weight is 415 g/mol. The SMILES string of the molecule is Cc1c(C(=O)N(C2CCS(=O)(=O)C2)N(C)C)oc2ccc(Br)cc12. The third kappa shape index (κ3) is 3.10. The van der Waals surface area contributed by atoms with E-state index in [1.165, 1.54) is 5.01 Å². The Balaban J connectivity index is 2.01. The monoisotopic (exact) mass is 414 g/mol. The minimum Gasteiger partial charge on any atom is -0.451 e. The summed E-state index contributed by atoms with van der Waals surface area (Å²) in [5, 5.41) is 3.99. The smallest absolute Gasteiger partial charge is 0.304 e. The molecule has 1 amide bonds. The zero-order chi connectivity index (χ0) is 17.6. The van der Waals surface area contributed by atoms with E-state index in [1.807, 2.05) is 25.1 Å². The van der Waals surface area contributed by atoms with Crippen LogP contribution in [0.4, 0.5) is 0 Å². The van der Waals surface area contributed by atoms with Gasteiger partial charge in [0, 0.05) is 29.5 Å². The Morgan fingerprint density at radius 3 is 2.62 bits per heavy atom. The lowest BCUT2D eigenvalue weighted by atomic mass is 10.1. The highest BCUT2D eigenvalue weighted by Crippen LogP contribution is 2.30. The number of fused-ring (bicyclic) bond motifs is 1. The Morgan fingerprint density at radius 1 is 1.33 bits per heavy atom. The molecule has 1 aliphatic rings. The van der Waals surface area contributed by atoms with E-state index in [2.05, 4.69) is 15.9 Å². The third-order valence-corrected chi connectivity index (χ3v) is 6.53. The van der Waals surface area contributed by atoms with Crippen molar-refractivity contribution in [1.82, 2.24) is 10.0 Å². The summed E-state index contributed by atoms with van der Waals surface area (Å²) in [6.07, 6.45) is 0.442. The first-order valence-electron chi connectivity index (χ1n) is 7.59. The molecule has 6 nitrogen and oxygen atoms in total. The van der Waals surface area contributed by atoms with Crippen LogP contribution < -0.4 is 0 Å². The predicted molar refractivity (Wildman–Crippen MR) is 95.6 cm³/mol. The standard InChI is InChI=1S/C16H19BrN2O4S/c1-10-13-8-11(17)4-5-14(13)23-15(10)16(20)19(18(2)3)12-6-7-24(21,22)9-12/h4-5,8,12H,6-7,9H2,1-3H3. The van der Waals surface area contributed by atoms with Gasteiger partial charge in [0.1, 0.15) is 5.58 Å². The lowest BCUT2D eigenvalue weighted by Crippen LogP contribution is -2.49. The van der Waals surface area contributed by atoms with Gasteiger partial charge in [-0.2, -0.15) is 0 Å². The van der Waals surface area contributed by atoms with Crippen molar-refractivity contribution in [3.63, 3.8) is 0 Å². The number of furan rings is 1. The topological polar surface area (TPSA) is 70.8 Å². The van der Waals surface area contributed by atoms with E-state index in [-0.39, 0.29) is 29.2 Å². The zero-order valence-corrected chi connectivity index (χ0v) is 16.1. The summed E-state index contributed by atoms with van der Waals surface area (Å²) in [5.74, 6) is 0.0383. The van der Waals surface area contributed by atoms with Crippen LogP contribution in [0.3, 0.4) is 0 Å². The van der Waals surface area contributed by atoms with Gasteiger partial charge in [-0.25, -0.2) is 13.4 Å². The van der Waals surface area contributed by atoms with E-state index in [9.17, 15) is 13.2 Å². The number of sulfone groups is 1. The summed E-state index contributed by atoms with van der Waals surface area (Å²) < 4.78 is 30.3. The quantitative estimate of drug-likeness (QED) is 0.721. The summed E-state index contributed by atoms with van der Waals surface area (Å²) >= 11 is 3.42. The molecule has 1 unspecified atom stereocenters. The molecule has 1 aromatic carbocycles. The summed E-state index contributed by atoms with van der Waals surface area (Å²) in [4.78, 5) is 13.0. The Kier molecular flexibility index (Phi) is 4.48. The van der Waals surface area contributed by atoms with Crippen molar-refractivity contribution in [2.75, 3.05) is 25.6 Å². The number of benzene rings is 1. The van der Waals surface area contributed by atoms with Gasteiger partial charge < -0.3 is 4.42 Å². The van der Waals surface area contributed by atoms with Crippen molar-refractivity contribution in [3.05, 3.63) is 34.0 Å². The molecule has 24 heavy (non-hydrogen) atoms. The van der Waals surface area contributed by atoms with Crippen LogP contribution in [0.25, 0.3) is 11.0 Å². The Morgan fingerprint density at radius 2 is 2.04 bits per heavy atom. The molecule has 3 rings (SSSR count). The summed E-state index contributed by atoms with van der Waals surface area (Å²) in [7, 11) is 0.380. The fourth-order valence-corrected chi connectivity index (χ4v) is 5.20. The molecule has 1 aliphatic heterocycles. The van der Waals surface area contributed by atoms with Gasteiger partial charge in [-0.1, -0.05) is 15.9 Å². The molecule has 8 heteroatoms. The molecule has 0 saturated carbocycles. The summed E-state index contributed by atoms with van der Waals surface area (Å²) in [6, 6.07) is 5.21. The molecule has 0 N–H and O–H groups in total. The van der Waals surface area contributed by atoms with Crippen molar-refractivity contribution in [2.45, 2.75) is 19.4 Å². The molecule has 1 atom stereocenters. The van der Waals surface area contributed by atoms with Crippen LogP contribution >= 0.6 is 15.9 Å². The maximum atomic E-state index is 13.0. The maximum absolute atomic E-state index is 13.0. The maximum Gasteiger partial charge on any atom is 0.304 e. The molecule has 1 saturated heterocycles. The summed E-state index contributed by atoms with van der Waals surface area (Å²) in [5.41, 5.74) is 1.39. The predicted octanol–water partition coefficient (Wildman–Crippen LogP) is 2.61. The summed E-state index contributed by atoms with van der Waals surface area (Å²) in [6.45, 7) is 1.84. The third-order valence-electron chi connectivity index (χ3n) is 4.29. The number of aryl methyl sites for hydroxylation is 1. The van der Waals surface area contributed by atoms with Crippen LogP contribution in [0.2, 0.25) is 0 Å². The van der Waals surface area contributed by atoms with Crippen LogP contribution in [-0.4, -0.2) is 56.0 Å². The molecule has 0 aliphatic carbocycles. The highest BCUT2D eigenvalue weighted by molar-refractivity contribution is 9.10. The van der Waals surface area contributed by atoms with Crippen LogP contribution in [0.1, 0.15) is 22.5 Å². The van der Waals surface area contributed by atoms with Crippen molar-refractivity contribution in [1.29, 1.82) is 0 Å². The first-order chi connectivity index (χ1) is 11.2. The van der Waals surface area contributed by atoms with E-state index in [4.69, 9.17) is 4.42 Å².